The Morgan fingerprint density at radius 2 is 1.74 bits per heavy atom. The van der Waals surface area contributed by atoms with Crippen molar-refractivity contribution >= 4 is 39.9 Å². The Hall–Kier alpha value is -3.92. The molecule has 0 radical (unpaired) electrons. The molecule has 34 heavy (non-hydrogen) atoms. The van der Waals surface area contributed by atoms with Gasteiger partial charge in [-0.05, 0) is 45.0 Å². The summed E-state index contributed by atoms with van der Waals surface area (Å²) in [6, 6.07) is 17.0. The number of nitrogens with zero attached hydrogens (tertiary/aromatic N) is 6. The molecule has 0 aliphatic rings. The van der Waals surface area contributed by atoms with Crippen molar-refractivity contribution in [1.82, 2.24) is 28.9 Å². The van der Waals surface area contributed by atoms with Crippen molar-refractivity contribution in [3.8, 4) is 5.69 Å². The van der Waals surface area contributed by atoms with Crippen LogP contribution < -0.4 is 10.9 Å². The molecule has 3 aromatic heterocycles. The summed E-state index contributed by atoms with van der Waals surface area (Å²) < 4.78 is 4.94. The molecular formula is C24H23N7O2S. The lowest BCUT2D eigenvalue weighted by atomic mass is 10.2. The Kier molecular flexibility index (Phi) is 5.45. The van der Waals surface area contributed by atoms with Gasteiger partial charge in [-0.25, -0.2) is 14.6 Å². The van der Waals surface area contributed by atoms with Crippen LogP contribution in [0.25, 0.3) is 22.2 Å². The zero-order valence-electron chi connectivity index (χ0n) is 19.2. The molecule has 9 nitrogen and oxygen atoms in total. The largest absolute Gasteiger partial charge is 0.319 e. The fourth-order valence-electron chi connectivity index (χ4n) is 3.86. The van der Waals surface area contributed by atoms with Gasteiger partial charge in [-0.2, -0.15) is 4.52 Å². The second-order valence-corrected chi connectivity index (χ2v) is 9.30. The first-order valence-electron chi connectivity index (χ1n) is 10.8. The summed E-state index contributed by atoms with van der Waals surface area (Å²) in [7, 11) is 1.79. The van der Waals surface area contributed by atoms with Crippen molar-refractivity contribution in [1.29, 1.82) is 0 Å². The topological polar surface area (TPSA) is 99.1 Å². The number of carbonyl (C=O) groups excluding carboxylic acids is 1. The van der Waals surface area contributed by atoms with Gasteiger partial charge in [0.2, 0.25) is 5.91 Å². The number of carbonyl (C=O) groups is 1. The smallest absolute Gasteiger partial charge is 0.295 e. The van der Waals surface area contributed by atoms with E-state index >= 15 is 0 Å². The molecular weight excluding hydrogens is 450 g/mol. The number of hydrogen-bond donors (Lipinski definition) is 1. The fourth-order valence-corrected chi connectivity index (χ4v) is 4.72. The highest BCUT2D eigenvalue weighted by Gasteiger charge is 2.23. The van der Waals surface area contributed by atoms with Crippen molar-refractivity contribution in [2.24, 2.45) is 7.05 Å². The Balaban J connectivity index is 1.45. The molecule has 5 rings (SSSR count). The van der Waals surface area contributed by atoms with E-state index in [1.807, 2.05) is 61.5 Å². The maximum atomic E-state index is 13.1. The fraction of sp³-hybridized carbons (Fsp3) is 0.208. The number of anilines is 1. The maximum Gasteiger partial charge on any atom is 0.295 e. The number of thioether (sulfide) groups is 1. The van der Waals surface area contributed by atoms with Gasteiger partial charge in [-0.1, -0.05) is 42.1 Å². The zero-order chi connectivity index (χ0) is 24.0. The summed E-state index contributed by atoms with van der Waals surface area (Å²) in [5, 5.41) is 8.22. The lowest BCUT2D eigenvalue weighted by Crippen LogP contribution is -2.27. The van der Waals surface area contributed by atoms with Crippen LogP contribution in [0.5, 0.6) is 0 Å². The summed E-state index contributed by atoms with van der Waals surface area (Å²) in [5.41, 5.74) is 2.85. The van der Waals surface area contributed by atoms with E-state index in [1.54, 1.807) is 30.1 Å². The van der Waals surface area contributed by atoms with E-state index in [1.165, 1.54) is 16.4 Å². The molecule has 172 valence electrons. The van der Waals surface area contributed by atoms with Gasteiger partial charge in [-0.3, -0.25) is 14.3 Å². The summed E-state index contributed by atoms with van der Waals surface area (Å²) in [6.07, 6.45) is 0. The molecule has 3 heterocycles. The number of fused-ring (bicyclic) bond motifs is 3. The number of para-hydroxylation sites is 2. The third-order valence-corrected chi connectivity index (χ3v) is 6.75. The third kappa shape index (κ3) is 3.65. The molecule has 0 saturated carbocycles. The lowest BCUT2D eigenvalue weighted by molar-refractivity contribution is -0.115. The SMILES string of the molecule is Cc1nc2c3ccccc3nc(SC(C)C(=O)Nc3c(C)n(C)n(-c4ccccc4)c3=O)n2n1. The van der Waals surface area contributed by atoms with Crippen molar-refractivity contribution in [2.45, 2.75) is 31.2 Å². The predicted molar refractivity (Wildman–Crippen MR) is 133 cm³/mol. The van der Waals surface area contributed by atoms with E-state index in [2.05, 4.69) is 15.4 Å². The standard InChI is InChI=1S/C24H23N7O2S/c1-14-20(23(33)31(29(14)4)17-10-6-5-7-11-17)27-22(32)15(2)34-24-26-19-13-9-8-12-18(19)21-25-16(3)28-30(21)24/h5-13,15H,1-4H3,(H,27,32). The molecule has 0 fully saturated rings. The monoisotopic (exact) mass is 473 g/mol. The first-order chi connectivity index (χ1) is 16.3. The maximum absolute atomic E-state index is 13.1. The van der Waals surface area contributed by atoms with Gasteiger partial charge in [0.15, 0.2) is 10.8 Å². The second-order valence-electron chi connectivity index (χ2n) is 7.99. The molecule has 1 atom stereocenters. The minimum Gasteiger partial charge on any atom is -0.319 e. The predicted octanol–water partition coefficient (Wildman–Crippen LogP) is 3.50. The molecule has 1 N–H and O–H groups in total. The van der Waals surface area contributed by atoms with Gasteiger partial charge >= 0.3 is 0 Å². The summed E-state index contributed by atoms with van der Waals surface area (Å²) in [5.74, 6) is 0.328. The van der Waals surface area contributed by atoms with Gasteiger partial charge in [0.1, 0.15) is 11.5 Å². The van der Waals surface area contributed by atoms with Crippen LogP contribution in [0.4, 0.5) is 5.69 Å². The first-order valence-corrected chi connectivity index (χ1v) is 11.7. The van der Waals surface area contributed by atoms with E-state index in [4.69, 9.17) is 4.98 Å². The van der Waals surface area contributed by atoms with Crippen molar-refractivity contribution < 1.29 is 4.79 Å². The van der Waals surface area contributed by atoms with Gasteiger partial charge in [0.25, 0.3) is 5.56 Å². The first kappa shape index (κ1) is 21.9. The van der Waals surface area contributed by atoms with Crippen LogP contribution in [0.2, 0.25) is 0 Å². The van der Waals surface area contributed by atoms with Crippen LogP contribution in [-0.4, -0.2) is 40.1 Å². The molecule has 10 heteroatoms. The van der Waals surface area contributed by atoms with Gasteiger partial charge in [0, 0.05) is 12.4 Å². The number of amides is 1. The lowest BCUT2D eigenvalue weighted by Gasteiger charge is -2.12. The van der Waals surface area contributed by atoms with E-state index in [9.17, 15) is 9.59 Å². The number of benzene rings is 2. The van der Waals surface area contributed by atoms with Crippen LogP contribution >= 0.6 is 11.8 Å². The highest BCUT2D eigenvalue weighted by Crippen LogP contribution is 2.27. The number of nitrogens with one attached hydrogen (secondary N) is 1. The normalized spacial score (nSPS) is 12.4. The number of rotatable bonds is 5. The molecule has 0 aliphatic carbocycles. The van der Waals surface area contributed by atoms with Crippen LogP contribution in [-0.2, 0) is 11.8 Å². The van der Waals surface area contributed by atoms with Crippen LogP contribution in [0.1, 0.15) is 18.4 Å². The van der Waals surface area contributed by atoms with E-state index in [-0.39, 0.29) is 17.2 Å². The summed E-state index contributed by atoms with van der Waals surface area (Å²) >= 11 is 1.27. The number of hydrogen-bond acceptors (Lipinski definition) is 6. The Labute approximate surface area is 199 Å². The molecule has 1 unspecified atom stereocenters. The Morgan fingerprint density at radius 3 is 2.50 bits per heavy atom. The highest BCUT2D eigenvalue weighted by molar-refractivity contribution is 8.00. The molecule has 0 bridgehead atoms. The molecule has 1 amide bonds. The van der Waals surface area contributed by atoms with Crippen molar-refractivity contribution in [2.75, 3.05) is 5.32 Å². The Bertz CT molecular complexity index is 1600. The summed E-state index contributed by atoms with van der Waals surface area (Å²) in [4.78, 5) is 35.5. The number of aromatic nitrogens is 6. The quantitative estimate of drug-likeness (QED) is 0.310. The third-order valence-electron chi connectivity index (χ3n) is 5.71. The summed E-state index contributed by atoms with van der Waals surface area (Å²) in [6.45, 7) is 5.41. The van der Waals surface area contributed by atoms with Crippen molar-refractivity contribution in [3.63, 3.8) is 0 Å². The van der Waals surface area contributed by atoms with Gasteiger partial charge in [0.05, 0.1) is 22.1 Å². The molecule has 0 saturated heterocycles. The van der Waals surface area contributed by atoms with E-state index < -0.39 is 5.25 Å². The second kappa shape index (κ2) is 8.45. The molecule has 0 aliphatic heterocycles. The highest BCUT2D eigenvalue weighted by atomic mass is 32.2. The van der Waals surface area contributed by atoms with Crippen LogP contribution in [0.3, 0.4) is 0 Å². The van der Waals surface area contributed by atoms with E-state index in [0.29, 0.717) is 22.3 Å². The van der Waals surface area contributed by atoms with Gasteiger partial charge < -0.3 is 5.32 Å². The average Bonchev–Trinajstić information content (AvgIpc) is 3.33. The van der Waals surface area contributed by atoms with Crippen LogP contribution in [0.15, 0.2) is 64.5 Å². The Morgan fingerprint density at radius 1 is 1.03 bits per heavy atom. The average molecular weight is 474 g/mol. The van der Waals surface area contributed by atoms with E-state index in [0.717, 1.165) is 16.6 Å². The van der Waals surface area contributed by atoms with Crippen LogP contribution in [0, 0.1) is 13.8 Å². The molecule has 0 spiro atoms. The zero-order valence-corrected chi connectivity index (χ0v) is 20.0. The van der Waals surface area contributed by atoms with Gasteiger partial charge in [-0.15, -0.1) is 5.10 Å². The molecule has 2 aromatic carbocycles. The van der Waals surface area contributed by atoms with Crippen molar-refractivity contribution in [3.05, 3.63) is 76.5 Å². The minimum atomic E-state index is -0.537. The minimum absolute atomic E-state index is 0.261. The number of aryl methyl sites for hydroxylation is 1. The molecule has 5 aromatic rings.